The van der Waals surface area contributed by atoms with Crippen molar-refractivity contribution < 1.29 is 0 Å². The second kappa shape index (κ2) is 4.71. The van der Waals surface area contributed by atoms with Crippen molar-refractivity contribution >= 4 is 28.9 Å². The molecule has 1 aliphatic carbocycles. The number of hydrogen-bond acceptors (Lipinski definition) is 2. The van der Waals surface area contributed by atoms with Gasteiger partial charge in [-0.15, -0.1) is 0 Å². The third-order valence-electron chi connectivity index (χ3n) is 1.96. The summed E-state index contributed by atoms with van der Waals surface area (Å²) in [5, 5.41) is 0. The lowest BCUT2D eigenvalue weighted by Gasteiger charge is -2.00. The molecule has 2 nitrogen and oxygen atoms in total. The van der Waals surface area contributed by atoms with Crippen LogP contribution in [0.1, 0.15) is 0 Å². The molecule has 3 heteroatoms. The number of rotatable bonds is 1. The van der Waals surface area contributed by atoms with Crippen molar-refractivity contribution in [1.82, 2.24) is 0 Å². The van der Waals surface area contributed by atoms with Crippen molar-refractivity contribution in [3.8, 4) is 0 Å². The van der Waals surface area contributed by atoms with Crippen LogP contribution in [0.4, 0.5) is 5.69 Å². The summed E-state index contributed by atoms with van der Waals surface area (Å²) in [4.78, 5) is 4.43. The standard InChI is InChI=1S/C12H9ClN2/c13-15-12-8-6-11(7-9-12)14-10-4-2-1-3-5-10/h1-9H. The Bertz CT molecular complexity index is 438. The lowest BCUT2D eigenvalue weighted by molar-refractivity contribution is 1.52. The highest BCUT2D eigenvalue weighted by atomic mass is 35.5. The number of aliphatic imine (C=N–C) groups is 1. The van der Waals surface area contributed by atoms with Gasteiger partial charge in [-0.2, -0.15) is 4.51 Å². The summed E-state index contributed by atoms with van der Waals surface area (Å²) in [6.45, 7) is 0. The first-order valence-electron chi connectivity index (χ1n) is 4.57. The van der Waals surface area contributed by atoms with Crippen LogP contribution in [-0.4, -0.2) is 11.4 Å². The first-order chi connectivity index (χ1) is 7.38. The Morgan fingerprint density at radius 1 is 0.800 bits per heavy atom. The number of allylic oxidation sites excluding steroid dienone is 4. The molecule has 0 aliphatic heterocycles. The van der Waals surface area contributed by atoms with Gasteiger partial charge in [0.2, 0.25) is 0 Å². The zero-order valence-corrected chi connectivity index (χ0v) is 8.72. The SMILES string of the molecule is ClN=C1C=CC(=Nc2ccccc2)C=C1. The maximum Gasteiger partial charge on any atom is 0.0778 e. The maximum atomic E-state index is 5.33. The quantitative estimate of drug-likeness (QED) is 0.643. The molecule has 74 valence electrons. The van der Waals surface area contributed by atoms with Crippen LogP contribution in [0.15, 0.2) is 64.1 Å². The first-order valence-corrected chi connectivity index (χ1v) is 4.91. The maximum absolute atomic E-state index is 5.33. The third kappa shape index (κ3) is 2.64. The summed E-state index contributed by atoms with van der Waals surface area (Å²) >= 11 is 5.33. The summed E-state index contributed by atoms with van der Waals surface area (Å²) in [5.41, 5.74) is 2.57. The Hall–Kier alpha value is -1.67. The van der Waals surface area contributed by atoms with Crippen molar-refractivity contribution in [3.63, 3.8) is 0 Å². The second-order valence-corrected chi connectivity index (χ2v) is 3.22. The Morgan fingerprint density at radius 2 is 1.40 bits per heavy atom. The molecule has 1 aliphatic rings. The summed E-state index contributed by atoms with van der Waals surface area (Å²) in [5.74, 6) is 0. The number of benzene rings is 1. The van der Waals surface area contributed by atoms with E-state index in [0.29, 0.717) is 0 Å². The molecule has 0 unspecified atom stereocenters. The summed E-state index contributed by atoms with van der Waals surface area (Å²) in [7, 11) is 0. The zero-order valence-electron chi connectivity index (χ0n) is 7.97. The molecular formula is C12H9ClN2. The van der Waals surface area contributed by atoms with Gasteiger partial charge in [0.05, 0.1) is 17.1 Å². The van der Waals surface area contributed by atoms with E-state index in [1.165, 1.54) is 0 Å². The highest BCUT2D eigenvalue weighted by molar-refractivity contribution is 6.27. The van der Waals surface area contributed by atoms with Gasteiger partial charge in [-0.05, 0) is 36.4 Å². The molecule has 0 aromatic heterocycles. The van der Waals surface area contributed by atoms with Crippen molar-refractivity contribution in [2.24, 2.45) is 9.50 Å². The van der Waals surface area contributed by atoms with Gasteiger partial charge >= 0.3 is 0 Å². The minimum atomic E-state index is 0.740. The molecule has 15 heavy (non-hydrogen) atoms. The molecule has 1 aromatic carbocycles. The van der Waals surface area contributed by atoms with E-state index in [9.17, 15) is 0 Å². The Labute approximate surface area is 93.4 Å². The van der Waals surface area contributed by atoms with Crippen LogP contribution in [0.25, 0.3) is 0 Å². The summed E-state index contributed by atoms with van der Waals surface area (Å²) in [6.07, 6.45) is 7.42. The van der Waals surface area contributed by atoms with Crippen LogP contribution >= 0.6 is 11.8 Å². The topological polar surface area (TPSA) is 24.7 Å². The van der Waals surface area contributed by atoms with Crippen molar-refractivity contribution in [1.29, 1.82) is 0 Å². The minimum absolute atomic E-state index is 0.740. The van der Waals surface area contributed by atoms with Gasteiger partial charge in [0.25, 0.3) is 0 Å². The molecular weight excluding hydrogens is 208 g/mol. The summed E-state index contributed by atoms with van der Waals surface area (Å²) in [6, 6.07) is 9.80. The van der Waals surface area contributed by atoms with Crippen molar-refractivity contribution in [2.45, 2.75) is 0 Å². The number of para-hydroxylation sites is 1. The zero-order chi connectivity index (χ0) is 10.5. The monoisotopic (exact) mass is 216 g/mol. The van der Waals surface area contributed by atoms with Crippen LogP contribution in [-0.2, 0) is 0 Å². The van der Waals surface area contributed by atoms with E-state index in [0.717, 1.165) is 17.1 Å². The molecule has 0 radical (unpaired) electrons. The molecule has 2 rings (SSSR count). The molecule has 0 N–H and O–H groups in total. The van der Waals surface area contributed by atoms with Gasteiger partial charge in [0.1, 0.15) is 0 Å². The fourth-order valence-electron chi connectivity index (χ4n) is 1.24. The fourth-order valence-corrected chi connectivity index (χ4v) is 1.35. The van der Waals surface area contributed by atoms with E-state index >= 15 is 0 Å². The van der Waals surface area contributed by atoms with Crippen LogP contribution in [0, 0.1) is 0 Å². The molecule has 0 amide bonds. The van der Waals surface area contributed by atoms with Gasteiger partial charge < -0.3 is 0 Å². The molecule has 0 bridgehead atoms. The summed E-state index contributed by atoms with van der Waals surface area (Å²) < 4.78 is 3.55. The molecule has 1 aromatic rings. The fraction of sp³-hybridized carbons (Fsp3) is 0. The number of nitrogens with zero attached hydrogens (tertiary/aromatic N) is 2. The third-order valence-corrected chi connectivity index (χ3v) is 2.16. The molecule has 0 heterocycles. The van der Waals surface area contributed by atoms with E-state index < -0.39 is 0 Å². The van der Waals surface area contributed by atoms with Crippen LogP contribution in [0.3, 0.4) is 0 Å². The van der Waals surface area contributed by atoms with Gasteiger partial charge in [0.15, 0.2) is 0 Å². The highest BCUT2D eigenvalue weighted by Gasteiger charge is 1.98. The van der Waals surface area contributed by atoms with E-state index in [2.05, 4.69) is 9.50 Å². The lowest BCUT2D eigenvalue weighted by Crippen LogP contribution is -1.98. The van der Waals surface area contributed by atoms with Gasteiger partial charge in [-0.3, -0.25) is 0 Å². The lowest BCUT2D eigenvalue weighted by atomic mass is 10.1. The average Bonchev–Trinajstić information content (AvgIpc) is 2.31. The van der Waals surface area contributed by atoms with Gasteiger partial charge in [0, 0.05) is 11.8 Å². The second-order valence-electron chi connectivity index (χ2n) is 3.05. The molecule has 0 spiro atoms. The van der Waals surface area contributed by atoms with Gasteiger partial charge in [-0.1, -0.05) is 18.2 Å². The number of hydrogen-bond donors (Lipinski definition) is 0. The number of halogens is 1. The van der Waals surface area contributed by atoms with Crippen molar-refractivity contribution in [2.75, 3.05) is 0 Å². The predicted octanol–water partition coefficient (Wildman–Crippen LogP) is 3.48. The molecule has 0 saturated heterocycles. The van der Waals surface area contributed by atoms with Crippen LogP contribution < -0.4 is 0 Å². The molecule has 0 atom stereocenters. The predicted molar refractivity (Wildman–Crippen MR) is 65.1 cm³/mol. The Morgan fingerprint density at radius 3 is 2.00 bits per heavy atom. The smallest absolute Gasteiger partial charge is 0.0778 e. The van der Waals surface area contributed by atoms with Crippen molar-refractivity contribution in [3.05, 3.63) is 54.6 Å². The van der Waals surface area contributed by atoms with E-state index in [1.54, 1.807) is 0 Å². The largest absolute Gasteiger partial charge is 0.249 e. The Kier molecular flexibility index (Phi) is 3.10. The highest BCUT2D eigenvalue weighted by Crippen LogP contribution is 2.12. The van der Waals surface area contributed by atoms with Crippen LogP contribution in [0.5, 0.6) is 0 Å². The molecule has 0 saturated carbocycles. The van der Waals surface area contributed by atoms with E-state index in [-0.39, 0.29) is 0 Å². The van der Waals surface area contributed by atoms with Gasteiger partial charge in [-0.25, -0.2) is 4.99 Å². The first kappa shape index (κ1) is 9.87. The van der Waals surface area contributed by atoms with Crippen LogP contribution in [0.2, 0.25) is 0 Å². The minimum Gasteiger partial charge on any atom is -0.249 e. The molecule has 0 fully saturated rings. The normalized spacial score (nSPS) is 14.2. The van der Waals surface area contributed by atoms with E-state index in [1.807, 2.05) is 54.6 Å². The Balaban J connectivity index is 2.22. The average molecular weight is 217 g/mol. The van der Waals surface area contributed by atoms with E-state index in [4.69, 9.17) is 11.8 Å².